The van der Waals surface area contributed by atoms with E-state index < -0.39 is 0 Å². The zero-order valence-corrected chi connectivity index (χ0v) is 16.0. The molecule has 0 spiro atoms. The van der Waals surface area contributed by atoms with Gasteiger partial charge >= 0.3 is 0 Å². The summed E-state index contributed by atoms with van der Waals surface area (Å²) >= 11 is 11.5. The number of hydrogen-bond donors (Lipinski definition) is 2. The maximum atomic E-state index is 6.04. The molecular formula is C21H17ClN4S. The summed E-state index contributed by atoms with van der Waals surface area (Å²) in [6.07, 6.45) is 3.67. The average molecular weight is 393 g/mol. The van der Waals surface area contributed by atoms with Crippen molar-refractivity contribution in [2.75, 3.05) is 10.6 Å². The van der Waals surface area contributed by atoms with Crippen LogP contribution in [-0.4, -0.2) is 14.9 Å². The Morgan fingerprint density at radius 2 is 1.81 bits per heavy atom. The number of fused-ring (bicyclic) bond motifs is 1. The molecule has 4 rings (SSSR count). The summed E-state index contributed by atoms with van der Waals surface area (Å²) in [6.45, 7) is 0.645. The first kappa shape index (κ1) is 17.5. The van der Waals surface area contributed by atoms with Gasteiger partial charge in [-0.1, -0.05) is 60.1 Å². The number of thiocarbonyl (C=S) groups is 1. The third kappa shape index (κ3) is 4.27. The van der Waals surface area contributed by atoms with Crippen LogP contribution in [0.25, 0.3) is 10.8 Å². The Hall–Kier alpha value is -2.89. The Morgan fingerprint density at radius 1 is 1.00 bits per heavy atom. The van der Waals surface area contributed by atoms with E-state index in [1.165, 1.54) is 5.39 Å². The molecule has 0 amide bonds. The summed E-state index contributed by atoms with van der Waals surface area (Å²) in [6, 6.07) is 22.0. The molecule has 1 aromatic heterocycles. The number of nitrogens with zero attached hydrogens (tertiary/aromatic N) is 2. The van der Waals surface area contributed by atoms with Gasteiger partial charge in [0.2, 0.25) is 0 Å². The van der Waals surface area contributed by atoms with Crippen LogP contribution in [0.1, 0.15) is 5.56 Å². The van der Waals surface area contributed by atoms with Crippen LogP contribution in [0.2, 0.25) is 5.02 Å². The van der Waals surface area contributed by atoms with E-state index in [1.54, 1.807) is 6.20 Å². The number of benzene rings is 3. The highest BCUT2D eigenvalue weighted by Crippen LogP contribution is 2.23. The molecule has 3 aromatic carbocycles. The van der Waals surface area contributed by atoms with Gasteiger partial charge in [0.25, 0.3) is 0 Å². The van der Waals surface area contributed by atoms with Gasteiger partial charge in [-0.05, 0) is 41.4 Å². The van der Waals surface area contributed by atoms with Crippen LogP contribution >= 0.6 is 23.8 Å². The molecule has 27 heavy (non-hydrogen) atoms. The molecule has 2 N–H and O–H groups in total. The van der Waals surface area contributed by atoms with Gasteiger partial charge in [-0.2, -0.15) is 5.10 Å². The van der Waals surface area contributed by atoms with Gasteiger partial charge in [0.05, 0.1) is 18.4 Å². The van der Waals surface area contributed by atoms with E-state index >= 15 is 0 Å². The lowest BCUT2D eigenvalue weighted by Gasteiger charge is -2.11. The van der Waals surface area contributed by atoms with E-state index in [4.69, 9.17) is 23.8 Å². The fraction of sp³-hybridized carbons (Fsp3) is 0.0476. The third-order valence-electron chi connectivity index (χ3n) is 4.16. The number of hydrogen-bond acceptors (Lipinski definition) is 2. The lowest BCUT2D eigenvalue weighted by atomic mass is 10.1. The molecule has 0 aliphatic heterocycles. The van der Waals surface area contributed by atoms with Crippen LogP contribution in [0.5, 0.6) is 0 Å². The van der Waals surface area contributed by atoms with E-state index in [0.29, 0.717) is 11.7 Å². The largest absolute Gasteiger partial charge is 0.332 e. The van der Waals surface area contributed by atoms with Crippen molar-refractivity contribution in [2.45, 2.75) is 6.54 Å². The minimum absolute atomic E-state index is 0.522. The van der Waals surface area contributed by atoms with Crippen LogP contribution in [-0.2, 0) is 6.54 Å². The lowest BCUT2D eigenvalue weighted by Crippen LogP contribution is -2.18. The summed E-state index contributed by atoms with van der Waals surface area (Å²) in [5.74, 6) is 0. The number of aromatic nitrogens is 2. The first-order valence-corrected chi connectivity index (χ1v) is 9.29. The second-order valence-electron chi connectivity index (χ2n) is 6.16. The predicted molar refractivity (Wildman–Crippen MR) is 117 cm³/mol. The second-order valence-corrected chi connectivity index (χ2v) is 7.01. The highest BCUT2D eigenvalue weighted by atomic mass is 35.5. The summed E-state index contributed by atoms with van der Waals surface area (Å²) in [7, 11) is 0. The Kier molecular flexibility index (Phi) is 5.05. The minimum Gasteiger partial charge on any atom is -0.332 e. The molecule has 0 unspecified atom stereocenters. The maximum Gasteiger partial charge on any atom is 0.175 e. The van der Waals surface area contributed by atoms with Crippen molar-refractivity contribution in [2.24, 2.45) is 0 Å². The molecule has 4 aromatic rings. The van der Waals surface area contributed by atoms with Gasteiger partial charge in [-0.3, -0.25) is 4.68 Å². The fourth-order valence-electron chi connectivity index (χ4n) is 2.96. The lowest BCUT2D eigenvalue weighted by molar-refractivity contribution is 0.687. The van der Waals surface area contributed by atoms with Crippen LogP contribution in [0.4, 0.5) is 11.4 Å². The standard InChI is InChI=1S/C21H17ClN4S/c22-17-8-3-5-15(11-17)13-26-14-18(12-23-26)24-21(27)25-20-10-4-7-16-6-1-2-9-19(16)20/h1-12,14H,13H2,(H2,24,25,27). The molecule has 1 heterocycles. The van der Waals surface area contributed by atoms with Crippen molar-refractivity contribution in [3.8, 4) is 0 Å². The van der Waals surface area contributed by atoms with Crippen molar-refractivity contribution in [1.82, 2.24) is 9.78 Å². The summed E-state index contributed by atoms with van der Waals surface area (Å²) in [4.78, 5) is 0. The Balaban J connectivity index is 1.43. The van der Waals surface area contributed by atoms with Gasteiger partial charge in [0, 0.05) is 22.3 Å². The zero-order chi connectivity index (χ0) is 18.6. The fourth-order valence-corrected chi connectivity index (χ4v) is 3.40. The molecule has 0 fully saturated rings. The summed E-state index contributed by atoms with van der Waals surface area (Å²) in [5.41, 5.74) is 2.89. The molecule has 134 valence electrons. The Bertz CT molecular complexity index is 1100. The molecule has 0 aliphatic carbocycles. The van der Waals surface area contributed by atoms with Gasteiger partial charge < -0.3 is 10.6 Å². The van der Waals surface area contributed by atoms with Crippen LogP contribution in [0.3, 0.4) is 0 Å². The molecular weight excluding hydrogens is 376 g/mol. The monoisotopic (exact) mass is 392 g/mol. The molecule has 4 nitrogen and oxygen atoms in total. The zero-order valence-electron chi connectivity index (χ0n) is 14.4. The molecule has 0 aliphatic rings. The highest BCUT2D eigenvalue weighted by Gasteiger charge is 2.05. The third-order valence-corrected chi connectivity index (χ3v) is 4.60. The second kappa shape index (κ2) is 7.78. The van der Waals surface area contributed by atoms with Gasteiger partial charge in [-0.15, -0.1) is 0 Å². The predicted octanol–water partition coefficient (Wildman–Crippen LogP) is 5.55. The smallest absolute Gasteiger partial charge is 0.175 e. The quantitative estimate of drug-likeness (QED) is 0.447. The van der Waals surface area contributed by atoms with Crippen molar-refractivity contribution < 1.29 is 0 Å². The molecule has 0 saturated heterocycles. The van der Waals surface area contributed by atoms with Crippen molar-refractivity contribution in [3.63, 3.8) is 0 Å². The SMILES string of the molecule is S=C(Nc1cnn(Cc2cccc(Cl)c2)c1)Nc1cccc2ccccc12. The number of halogens is 1. The van der Waals surface area contributed by atoms with Crippen LogP contribution in [0.15, 0.2) is 79.1 Å². The van der Waals surface area contributed by atoms with Crippen molar-refractivity contribution >= 4 is 51.1 Å². The minimum atomic E-state index is 0.522. The van der Waals surface area contributed by atoms with Crippen LogP contribution in [0, 0.1) is 0 Å². The first-order chi connectivity index (χ1) is 13.2. The molecule has 0 bridgehead atoms. The van der Waals surface area contributed by atoms with Crippen molar-refractivity contribution in [3.05, 3.63) is 89.7 Å². The Morgan fingerprint density at radius 3 is 2.70 bits per heavy atom. The summed E-state index contributed by atoms with van der Waals surface area (Å²) < 4.78 is 1.84. The van der Waals surface area contributed by atoms with E-state index in [9.17, 15) is 0 Å². The topological polar surface area (TPSA) is 41.9 Å². The number of rotatable bonds is 4. The molecule has 0 saturated carbocycles. The van der Waals surface area contributed by atoms with E-state index in [1.807, 2.05) is 59.4 Å². The van der Waals surface area contributed by atoms with Gasteiger partial charge in [-0.25, -0.2) is 0 Å². The summed E-state index contributed by atoms with van der Waals surface area (Å²) in [5, 5.41) is 14.4. The van der Waals surface area contributed by atoms with E-state index in [0.717, 1.165) is 27.3 Å². The maximum absolute atomic E-state index is 6.04. The van der Waals surface area contributed by atoms with Crippen molar-refractivity contribution in [1.29, 1.82) is 0 Å². The normalized spacial score (nSPS) is 10.7. The van der Waals surface area contributed by atoms with Gasteiger partial charge in [0.1, 0.15) is 0 Å². The first-order valence-electron chi connectivity index (χ1n) is 8.50. The van der Waals surface area contributed by atoms with Gasteiger partial charge in [0.15, 0.2) is 5.11 Å². The van der Waals surface area contributed by atoms with Crippen LogP contribution < -0.4 is 10.6 Å². The highest BCUT2D eigenvalue weighted by molar-refractivity contribution is 7.80. The Labute approximate surface area is 167 Å². The van der Waals surface area contributed by atoms with E-state index in [2.05, 4.69) is 33.9 Å². The average Bonchev–Trinajstić information content (AvgIpc) is 3.08. The molecule has 6 heteroatoms. The number of nitrogens with one attached hydrogen (secondary N) is 2. The molecule has 0 atom stereocenters. The molecule has 0 radical (unpaired) electrons. The number of anilines is 2. The van der Waals surface area contributed by atoms with E-state index in [-0.39, 0.29) is 0 Å².